The van der Waals surface area contributed by atoms with Gasteiger partial charge in [0.2, 0.25) is 5.78 Å². The summed E-state index contributed by atoms with van der Waals surface area (Å²) in [6.45, 7) is 0.823. The summed E-state index contributed by atoms with van der Waals surface area (Å²) < 4.78 is 59.4. The molecule has 328 valence electrons. The molecule has 4 heterocycles. The van der Waals surface area contributed by atoms with Crippen molar-refractivity contribution in [3.63, 3.8) is 0 Å². The van der Waals surface area contributed by atoms with Gasteiger partial charge >= 0.3 is 12.1 Å². The van der Waals surface area contributed by atoms with Gasteiger partial charge in [0.1, 0.15) is 36.6 Å². The molecule has 2 aliphatic heterocycles. The molecule has 0 saturated carbocycles. The number of urea groups is 1. The van der Waals surface area contributed by atoms with Crippen LogP contribution in [0, 0.1) is 12.7 Å². The van der Waals surface area contributed by atoms with E-state index < -0.39 is 54.7 Å². The molecule has 2 aromatic heterocycles. The number of ketones is 1. The molecule has 1 aliphatic carbocycles. The number of alkyl halides is 2. The number of halogens is 3. The maximum absolute atomic E-state index is 14.2. The Balaban J connectivity index is 0.842. The molecule has 0 spiro atoms. The predicted octanol–water partition coefficient (Wildman–Crippen LogP) is 8.50. The van der Waals surface area contributed by atoms with E-state index in [9.17, 15) is 32.3 Å². The molecule has 5 aromatic carbocycles. The van der Waals surface area contributed by atoms with E-state index in [-0.39, 0.29) is 59.8 Å². The SMILES string of the molecule is Cc1cc(Oc2ccccc2F)ccc1-n1ncc(C(=O)c2cc3cc(OCC(F)F)c(N4C(=O)C5CC(NC(=O)OCC6c7ccccc7-c7ccccc76)CN5C4=O)cc3[nH]2)c1N. The number of hydrogen-bond donors (Lipinski definition) is 3. The highest BCUT2D eigenvalue weighted by atomic mass is 19.3. The molecule has 2 fully saturated rings. The van der Waals surface area contributed by atoms with Gasteiger partial charge in [-0.05, 0) is 89.7 Å². The summed E-state index contributed by atoms with van der Waals surface area (Å²) in [6.07, 6.45) is -2.17. The second-order valence-corrected chi connectivity index (χ2v) is 16.0. The Hall–Kier alpha value is -8.08. The van der Waals surface area contributed by atoms with Crippen LogP contribution in [0.5, 0.6) is 17.2 Å². The van der Waals surface area contributed by atoms with E-state index in [4.69, 9.17) is 19.9 Å². The largest absolute Gasteiger partial charge is 0.485 e. The lowest BCUT2D eigenvalue weighted by atomic mass is 9.98. The number of nitrogen functional groups attached to an aromatic ring is 1. The second kappa shape index (κ2) is 16.2. The highest BCUT2D eigenvalue weighted by molar-refractivity contribution is 6.23. The maximum atomic E-state index is 14.2. The van der Waals surface area contributed by atoms with E-state index in [0.717, 1.165) is 27.2 Å². The molecule has 14 nitrogen and oxygen atoms in total. The number of carbonyl (C=O) groups excluding carboxylic acids is 4. The molecular weight excluding hydrogens is 844 g/mol. The molecule has 17 heteroatoms. The highest BCUT2D eigenvalue weighted by Crippen LogP contribution is 2.45. The summed E-state index contributed by atoms with van der Waals surface area (Å²) in [6, 6.07) is 28.8. The topological polar surface area (TPSA) is 174 Å². The Bertz CT molecular complexity index is 3010. The van der Waals surface area contributed by atoms with Gasteiger partial charge in [-0.15, -0.1) is 0 Å². The van der Waals surface area contributed by atoms with Crippen LogP contribution >= 0.6 is 0 Å². The number of aromatic nitrogens is 3. The van der Waals surface area contributed by atoms with E-state index >= 15 is 0 Å². The van der Waals surface area contributed by atoms with Crippen molar-refractivity contribution in [2.75, 3.05) is 30.4 Å². The van der Waals surface area contributed by atoms with E-state index in [2.05, 4.69) is 15.4 Å². The van der Waals surface area contributed by atoms with Crippen molar-refractivity contribution < 1.29 is 46.6 Å². The third-order valence-corrected chi connectivity index (χ3v) is 12.0. The van der Waals surface area contributed by atoms with Crippen molar-refractivity contribution in [3.8, 4) is 34.1 Å². The van der Waals surface area contributed by atoms with Gasteiger partial charge in [0.15, 0.2) is 11.6 Å². The molecule has 0 radical (unpaired) electrons. The number of para-hydroxylation sites is 1. The normalized spacial score (nSPS) is 16.6. The Morgan fingerprint density at radius 3 is 2.34 bits per heavy atom. The Labute approximate surface area is 368 Å². The van der Waals surface area contributed by atoms with Crippen molar-refractivity contribution in [1.82, 2.24) is 25.0 Å². The van der Waals surface area contributed by atoms with Crippen molar-refractivity contribution in [2.45, 2.75) is 37.8 Å². The third kappa shape index (κ3) is 7.33. The summed E-state index contributed by atoms with van der Waals surface area (Å²) >= 11 is 0. The Morgan fingerprint density at radius 1 is 0.908 bits per heavy atom. The molecule has 2 unspecified atom stereocenters. The number of fused-ring (bicyclic) bond motifs is 5. The predicted molar refractivity (Wildman–Crippen MR) is 232 cm³/mol. The second-order valence-electron chi connectivity index (χ2n) is 16.0. The van der Waals surface area contributed by atoms with Gasteiger partial charge in [0.25, 0.3) is 12.3 Å². The molecule has 2 saturated heterocycles. The van der Waals surface area contributed by atoms with Gasteiger partial charge in [-0.25, -0.2) is 32.3 Å². The highest BCUT2D eigenvalue weighted by Gasteiger charge is 2.52. The number of carbonyl (C=O) groups is 4. The number of nitrogens with zero attached hydrogens (tertiary/aromatic N) is 4. The molecule has 4 N–H and O–H groups in total. The fourth-order valence-corrected chi connectivity index (χ4v) is 8.95. The van der Waals surface area contributed by atoms with Crippen LogP contribution in [0.15, 0.2) is 115 Å². The average molecular weight is 882 g/mol. The Kier molecular flexibility index (Phi) is 10.2. The van der Waals surface area contributed by atoms with E-state index in [1.54, 1.807) is 37.3 Å². The number of amides is 4. The van der Waals surface area contributed by atoms with Crippen molar-refractivity contribution in [2.24, 2.45) is 0 Å². The van der Waals surface area contributed by atoms with Crippen LogP contribution in [-0.2, 0) is 9.53 Å². The first kappa shape index (κ1) is 41.0. The Morgan fingerprint density at radius 2 is 1.63 bits per heavy atom. The number of rotatable bonds is 12. The molecule has 0 bridgehead atoms. The van der Waals surface area contributed by atoms with Gasteiger partial charge in [0.05, 0.1) is 34.9 Å². The lowest BCUT2D eigenvalue weighted by Crippen LogP contribution is -2.41. The van der Waals surface area contributed by atoms with Crippen LogP contribution in [0.3, 0.4) is 0 Å². The molecule has 2 atom stereocenters. The van der Waals surface area contributed by atoms with Gasteiger partial charge in [-0.1, -0.05) is 60.7 Å². The van der Waals surface area contributed by atoms with Crippen molar-refractivity contribution >= 4 is 46.2 Å². The summed E-state index contributed by atoms with van der Waals surface area (Å²) in [5.41, 5.74) is 12.2. The van der Waals surface area contributed by atoms with Gasteiger partial charge in [0, 0.05) is 23.4 Å². The summed E-state index contributed by atoms with van der Waals surface area (Å²) in [5, 5.41) is 7.51. The number of imide groups is 1. The van der Waals surface area contributed by atoms with Crippen LogP contribution in [0.25, 0.3) is 27.7 Å². The molecule has 3 aliphatic rings. The van der Waals surface area contributed by atoms with E-state index in [0.29, 0.717) is 27.9 Å². The van der Waals surface area contributed by atoms with Crippen LogP contribution in [0.1, 0.15) is 45.1 Å². The summed E-state index contributed by atoms with van der Waals surface area (Å²) in [5.74, 6) is -1.61. The molecule has 4 amide bonds. The van der Waals surface area contributed by atoms with Gasteiger partial charge < -0.3 is 35.1 Å². The standard InChI is InChI=1S/C48H38F3N7O7/c1-25-16-28(65-41-13-7-6-12-35(41)49)14-15-38(25)58-45(52)33(21-53-58)44(59)37-17-26-18-42(63-24-43(50)51)39(20-36(26)55-37)57-46(60)40-19-27(22-56(40)48(57)62)54-47(61)64-23-34-31-10-4-2-8-29(31)30-9-3-5-11-32(30)34/h2-18,20-21,27,34,40,43,55H,19,22-24,52H2,1H3,(H,54,61). The van der Waals surface area contributed by atoms with Gasteiger partial charge in [-0.2, -0.15) is 5.10 Å². The third-order valence-electron chi connectivity index (χ3n) is 12.0. The zero-order valence-corrected chi connectivity index (χ0v) is 34.5. The van der Waals surface area contributed by atoms with E-state index in [1.165, 1.54) is 46.1 Å². The monoisotopic (exact) mass is 881 g/mol. The summed E-state index contributed by atoms with van der Waals surface area (Å²) in [7, 11) is 0. The summed E-state index contributed by atoms with van der Waals surface area (Å²) in [4.78, 5) is 60.2. The van der Waals surface area contributed by atoms with Crippen LogP contribution in [-0.4, -0.2) is 81.7 Å². The zero-order valence-electron chi connectivity index (χ0n) is 34.5. The minimum atomic E-state index is -2.88. The number of nitrogens with one attached hydrogen (secondary N) is 2. The molecule has 7 aromatic rings. The van der Waals surface area contributed by atoms with Crippen molar-refractivity contribution in [3.05, 3.63) is 149 Å². The fourth-order valence-electron chi connectivity index (χ4n) is 8.95. The van der Waals surface area contributed by atoms with Crippen LogP contribution < -0.4 is 25.4 Å². The number of alkyl carbamates (subject to hydrolysis) is 1. The minimum Gasteiger partial charge on any atom is -0.485 e. The first-order valence-electron chi connectivity index (χ1n) is 20.7. The fraction of sp³-hybridized carbons (Fsp3) is 0.188. The lowest BCUT2D eigenvalue weighted by molar-refractivity contribution is -0.119. The number of aryl methyl sites for hydroxylation is 1. The lowest BCUT2D eigenvalue weighted by Gasteiger charge is -2.21. The molecule has 65 heavy (non-hydrogen) atoms. The number of benzene rings is 5. The molecular formula is C48H38F3N7O7. The zero-order chi connectivity index (χ0) is 45.1. The number of hydrogen-bond acceptors (Lipinski definition) is 9. The maximum Gasteiger partial charge on any atom is 0.407 e. The smallest absolute Gasteiger partial charge is 0.407 e. The van der Waals surface area contributed by atoms with E-state index in [1.807, 2.05) is 48.5 Å². The number of aromatic amines is 1. The number of nitrogens with two attached hydrogens (primary N) is 1. The number of H-pyrrole nitrogens is 1. The van der Waals surface area contributed by atoms with Crippen LogP contribution in [0.2, 0.25) is 0 Å². The number of anilines is 2. The molecule has 10 rings (SSSR count). The van der Waals surface area contributed by atoms with Gasteiger partial charge in [-0.3, -0.25) is 9.59 Å². The average Bonchev–Trinajstić information content (AvgIpc) is 4.11. The first-order chi connectivity index (χ1) is 31.4. The van der Waals surface area contributed by atoms with Crippen molar-refractivity contribution in [1.29, 1.82) is 0 Å². The quantitative estimate of drug-likeness (QED) is 0.0803. The number of ether oxygens (including phenoxy) is 3. The first-order valence-corrected chi connectivity index (χ1v) is 20.7. The van der Waals surface area contributed by atoms with Crippen LogP contribution in [0.4, 0.5) is 34.3 Å². The minimum absolute atomic E-state index is 0.00716.